The average Bonchev–Trinajstić information content (AvgIpc) is 2.91. The molecular weight excluding hydrogens is 488 g/mol. The Bertz CT molecular complexity index is 1260. The Kier molecular flexibility index (Phi) is 10.00. The van der Waals surface area contributed by atoms with Crippen LogP contribution in [0.15, 0.2) is 83.0 Å². The molecule has 194 valence electrons. The first kappa shape index (κ1) is 27.5. The molecule has 0 aromatic heterocycles. The highest BCUT2D eigenvalue weighted by atomic mass is 16.5. The van der Waals surface area contributed by atoms with Crippen molar-refractivity contribution in [2.75, 3.05) is 13.2 Å². The van der Waals surface area contributed by atoms with E-state index >= 15 is 0 Å². The number of hydrogen-bond donors (Lipinski definition) is 2. The third-order valence-corrected chi connectivity index (χ3v) is 4.96. The van der Waals surface area contributed by atoms with E-state index in [0.717, 1.165) is 0 Å². The van der Waals surface area contributed by atoms with Crippen molar-refractivity contribution in [1.29, 1.82) is 0 Å². The molecule has 3 rings (SSSR count). The van der Waals surface area contributed by atoms with Crippen LogP contribution in [0, 0.1) is 0 Å². The zero-order valence-corrected chi connectivity index (χ0v) is 20.8. The fraction of sp³-hybridized carbons (Fsp3) is 0.143. The molecule has 0 heterocycles. The van der Waals surface area contributed by atoms with Crippen LogP contribution in [0.4, 0.5) is 0 Å². The van der Waals surface area contributed by atoms with E-state index in [1.165, 1.54) is 26.3 Å². The predicted octanol–water partition coefficient (Wildman–Crippen LogP) is 3.15. The predicted molar refractivity (Wildman–Crippen MR) is 142 cm³/mol. The highest BCUT2D eigenvalue weighted by molar-refractivity contribution is 5.96. The average molecular weight is 515 g/mol. The molecule has 0 aliphatic carbocycles. The first-order valence-electron chi connectivity index (χ1n) is 11.5. The van der Waals surface area contributed by atoms with Crippen molar-refractivity contribution in [3.05, 3.63) is 95.1 Å². The molecule has 2 N–H and O–H groups in total. The minimum atomic E-state index is -0.463. The maximum Gasteiger partial charge on any atom is 0.277 e. The number of nitrogens with zero attached hydrogens (tertiary/aromatic N) is 2. The number of hydrogen-bond acceptors (Lipinski definition) is 8. The molecule has 2 amide bonds. The normalized spacial score (nSPS) is 10.8. The lowest BCUT2D eigenvalue weighted by Crippen LogP contribution is -2.25. The molecule has 0 saturated heterocycles. The number of Topliss-reactive ketones (excluding diaryl/α,β-unsaturated/α-hetero) is 2. The van der Waals surface area contributed by atoms with Gasteiger partial charge in [-0.05, 0) is 61.4 Å². The van der Waals surface area contributed by atoms with Gasteiger partial charge in [-0.15, -0.1) is 0 Å². The summed E-state index contributed by atoms with van der Waals surface area (Å²) < 4.78 is 10.8. The minimum absolute atomic E-state index is 0.0590. The monoisotopic (exact) mass is 514 g/mol. The van der Waals surface area contributed by atoms with E-state index in [0.29, 0.717) is 33.8 Å². The number of hydrazone groups is 2. The molecule has 0 unspecified atom stereocenters. The van der Waals surface area contributed by atoms with Crippen molar-refractivity contribution in [3.8, 4) is 11.5 Å². The van der Waals surface area contributed by atoms with Crippen LogP contribution in [0.25, 0.3) is 0 Å². The van der Waals surface area contributed by atoms with Crippen LogP contribution < -0.4 is 20.3 Å². The summed E-state index contributed by atoms with van der Waals surface area (Å²) >= 11 is 0. The SMILES string of the molecule is CC(=O)c1cccc(/C=N/NC(=O)COc2ccc(OCC(=O)N/N=C/c3cccc(C(C)=O)c3)cc2)c1. The summed E-state index contributed by atoms with van der Waals surface area (Å²) in [6.45, 7) is 2.42. The van der Waals surface area contributed by atoms with E-state index in [2.05, 4.69) is 21.1 Å². The van der Waals surface area contributed by atoms with Gasteiger partial charge >= 0.3 is 0 Å². The molecular formula is C28H26N4O6. The first-order valence-corrected chi connectivity index (χ1v) is 11.5. The number of rotatable bonds is 12. The third kappa shape index (κ3) is 9.15. The molecule has 0 radical (unpaired) electrons. The van der Waals surface area contributed by atoms with Crippen LogP contribution in [0.1, 0.15) is 45.7 Å². The molecule has 0 atom stereocenters. The van der Waals surface area contributed by atoms with Gasteiger partial charge in [-0.2, -0.15) is 10.2 Å². The van der Waals surface area contributed by atoms with Gasteiger partial charge in [-0.1, -0.05) is 36.4 Å². The lowest BCUT2D eigenvalue weighted by molar-refractivity contribution is -0.123. The number of nitrogens with one attached hydrogen (secondary N) is 2. The standard InChI is InChI=1S/C28H26N4O6/c1-19(33)23-7-3-5-21(13-23)15-29-31-27(35)17-37-25-9-11-26(12-10-25)38-18-28(36)32-30-16-22-6-4-8-24(14-22)20(2)34/h3-16H,17-18H2,1-2H3,(H,31,35)(H,32,36)/b29-15+,30-16+. The van der Waals surface area contributed by atoms with E-state index in [-0.39, 0.29) is 24.8 Å². The van der Waals surface area contributed by atoms with Gasteiger partial charge in [-0.3, -0.25) is 19.2 Å². The van der Waals surface area contributed by atoms with Gasteiger partial charge in [0.15, 0.2) is 24.8 Å². The lowest BCUT2D eigenvalue weighted by Gasteiger charge is -2.08. The minimum Gasteiger partial charge on any atom is -0.484 e. The van der Waals surface area contributed by atoms with Crippen molar-refractivity contribution in [1.82, 2.24) is 10.9 Å². The zero-order valence-electron chi connectivity index (χ0n) is 20.8. The van der Waals surface area contributed by atoms with Gasteiger partial charge in [0.2, 0.25) is 0 Å². The molecule has 0 spiro atoms. The van der Waals surface area contributed by atoms with E-state index in [1.807, 2.05) is 0 Å². The Labute approximate surface area is 219 Å². The van der Waals surface area contributed by atoms with Gasteiger partial charge in [0.05, 0.1) is 12.4 Å². The van der Waals surface area contributed by atoms with Crippen LogP contribution in [0.5, 0.6) is 11.5 Å². The molecule has 3 aromatic carbocycles. The van der Waals surface area contributed by atoms with Crippen LogP contribution in [0.3, 0.4) is 0 Å². The van der Waals surface area contributed by atoms with Gasteiger partial charge in [-0.25, -0.2) is 10.9 Å². The van der Waals surface area contributed by atoms with Gasteiger partial charge < -0.3 is 9.47 Å². The fourth-order valence-electron chi connectivity index (χ4n) is 3.03. The maximum absolute atomic E-state index is 11.9. The Hall–Kier alpha value is -5.12. The van der Waals surface area contributed by atoms with Crippen molar-refractivity contribution < 1.29 is 28.7 Å². The summed E-state index contributed by atoms with van der Waals surface area (Å²) in [5, 5.41) is 7.72. The number of carbonyl (C=O) groups is 4. The second-order valence-electron chi connectivity index (χ2n) is 8.00. The summed E-state index contributed by atoms with van der Waals surface area (Å²) in [7, 11) is 0. The van der Waals surface area contributed by atoms with E-state index in [4.69, 9.17) is 9.47 Å². The number of benzene rings is 3. The van der Waals surface area contributed by atoms with Crippen LogP contribution in [-0.2, 0) is 9.59 Å². The number of ether oxygens (including phenoxy) is 2. The smallest absolute Gasteiger partial charge is 0.277 e. The summed E-state index contributed by atoms with van der Waals surface area (Å²) in [5.74, 6) is -0.198. The Morgan fingerprint density at radius 2 is 1.05 bits per heavy atom. The third-order valence-electron chi connectivity index (χ3n) is 4.96. The van der Waals surface area contributed by atoms with Crippen LogP contribution in [0.2, 0.25) is 0 Å². The van der Waals surface area contributed by atoms with Crippen molar-refractivity contribution >= 4 is 35.8 Å². The highest BCUT2D eigenvalue weighted by Crippen LogP contribution is 2.17. The topological polar surface area (TPSA) is 136 Å². The molecule has 3 aromatic rings. The van der Waals surface area contributed by atoms with Crippen molar-refractivity contribution in [2.24, 2.45) is 10.2 Å². The van der Waals surface area contributed by atoms with E-state index in [1.54, 1.807) is 72.8 Å². The summed E-state index contributed by atoms with van der Waals surface area (Å²) in [4.78, 5) is 46.7. The molecule has 10 heteroatoms. The maximum atomic E-state index is 11.9. The molecule has 10 nitrogen and oxygen atoms in total. The zero-order chi connectivity index (χ0) is 27.3. The Morgan fingerprint density at radius 3 is 1.42 bits per heavy atom. The molecule has 0 bridgehead atoms. The van der Waals surface area contributed by atoms with Crippen LogP contribution >= 0.6 is 0 Å². The number of ketones is 2. The summed E-state index contributed by atoms with van der Waals surface area (Å²) in [6, 6.07) is 20.1. The van der Waals surface area contributed by atoms with Gasteiger partial charge in [0, 0.05) is 11.1 Å². The van der Waals surface area contributed by atoms with E-state index in [9.17, 15) is 19.2 Å². The van der Waals surface area contributed by atoms with Crippen LogP contribution in [-0.4, -0.2) is 49.0 Å². The second kappa shape index (κ2) is 13.8. The highest BCUT2D eigenvalue weighted by Gasteiger charge is 2.05. The van der Waals surface area contributed by atoms with E-state index < -0.39 is 11.8 Å². The number of amides is 2. The quantitative estimate of drug-likeness (QED) is 0.217. The molecule has 0 aliphatic rings. The van der Waals surface area contributed by atoms with Gasteiger partial charge in [0.25, 0.3) is 11.8 Å². The van der Waals surface area contributed by atoms with Crippen molar-refractivity contribution in [3.63, 3.8) is 0 Å². The largest absolute Gasteiger partial charge is 0.484 e. The molecule has 0 fully saturated rings. The Balaban J connectivity index is 1.37. The molecule has 0 aliphatic heterocycles. The molecule has 0 saturated carbocycles. The summed E-state index contributed by atoms with van der Waals surface area (Å²) in [5.41, 5.74) is 7.17. The van der Waals surface area contributed by atoms with Crippen molar-refractivity contribution in [2.45, 2.75) is 13.8 Å². The fourth-order valence-corrected chi connectivity index (χ4v) is 3.03. The number of carbonyl (C=O) groups excluding carboxylic acids is 4. The van der Waals surface area contributed by atoms with Gasteiger partial charge in [0.1, 0.15) is 11.5 Å². The molecule has 38 heavy (non-hydrogen) atoms. The summed E-state index contributed by atoms with van der Waals surface area (Å²) in [6.07, 6.45) is 2.87. The first-order chi connectivity index (χ1) is 18.3. The lowest BCUT2D eigenvalue weighted by atomic mass is 10.1. The second-order valence-corrected chi connectivity index (χ2v) is 8.00. The Morgan fingerprint density at radius 1 is 0.658 bits per heavy atom.